The van der Waals surface area contributed by atoms with Gasteiger partial charge in [-0.25, -0.2) is 0 Å². The van der Waals surface area contributed by atoms with E-state index in [-0.39, 0.29) is 6.10 Å². The highest BCUT2D eigenvalue weighted by Crippen LogP contribution is 2.25. The Morgan fingerprint density at radius 2 is 1.96 bits per heavy atom. The fraction of sp³-hybridized carbons (Fsp3) is 0.611. The van der Waals surface area contributed by atoms with Crippen molar-refractivity contribution in [2.45, 2.75) is 31.8 Å². The summed E-state index contributed by atoms with van der Waals surface area (Å²) < 4.78 is 6.04. The molecule has 2 aliphatic heterocycles. The molecule has 2 heterocycles. The summed E-state index contributed by atoms with van der Waals surface area (Å²) in [5, 5.41) is 12.8. The molecule has 124 valence electrons. The number of nitrogens with one attached hydrogen (secondary N) is 1. The highest BCUT2D eigenvalue weighted by Gasteiger charge is 2.23. The first-order valence-corrected chi connectivity index (χ1v) is 8.92. The van der Waals surface area contributed by atoms with Gasteiger partial charge in [0.2, 0.25) is 0 Å². The van der Waals surface area contributed by atoms with Gasteiger partial charge >= 0.3 is 0 Å². The van der Waals surface area contributed by atoms with Crippen molar-refractivity contribution in [3.63, 3.8) is 0 Å². The molecule has 1 aromatic carbocycles. The zero-order valence-corrected chi connectivity index (χ0v) is 14.2. The number of nitriles is 1. The van der Waals surface area contributed by atoms with Gasteiger partial charge in [-0.1, -0.05) is 11.6 Å². The van der Waals surface area contributed by atoms with Crippen LogP contribution in [-0.4, -0.2) is 43.7 Å². The Kier molecular flexibility index (Phi) is 5.77. The predicted molar refractivity (Wildman–Crippen MR) is 91.9 cm³/mol. The average Bonchev–Trinajstić information content (AvgIpc) is 2.58. The summed E-state index contributed by atoms with van der Waals surface area (Å²) >= 11 is 6.06. The minimum absolute atomic E-state index is 0.253. The molecule has 0 aromatic heterocycles. The van der Waals surface area contributed by atoms with Crippen molar-refractivity contribution in [1.82, 2.24) is 10.2 Å². The van der Waals surface area contributed by atoms with Crippen LogP contribution in [0.5, 0.6) is 5.75 Å². The highest BCUT2D eigenvalue weighted by atomic mass is 35.5. The van der Waals surface area contributed by atoms with Crippen molar-refractivity contribution in [1.29, 1.82) is 5.26 Å². The van der Waals surface area contributed by atoms with E-state index >= 15 is 0 Å². The minimum Gasteiger partial charge on any atom is -0.490 e. The van der Waals surface area contributed by atoms with Crippen molar-refractivity contribution < 1.29 is 4.74 Å². The van der Waals surface area contributed by atoms with Gasteiger partial charge in [0.15, 0.2) is 0 Å². The van der Waals surface area contributed by atoms with Gasteiger partial charge in [-0.3, -0.25) is 0 Å². The molecule has 0 bridgehead atoms. The molecule has 0 atom stereocenters. The third-order valence-corrected chi connectivity index (χ3v) is 5.19. The molecule has 5 heteroatoms. The van der Waals surface area contributed by atoms with Crippen molar-refractivity contribution in [3.05, 3.63) is 28.8 Å². The molecule has 0 aliphatic carbocycles. The smallest absolute Gasteiger partial charge is 0.121 e. The first-order chi connectivity index (χ1) is 11.2. The van der Waals surface area contributed by atoms with Gasteiger partial charge in [0, 0.05) is 25.7 Å². The summed E-state index contributed by atoms with van der Waals surface area (Å²) in [6.45, 7) is 5.79. The van der Waals surface area contributed by atoms with Crippen LogP contribution in [0, 0.1) is 17.2 Å². The van der Waals surface area contributed by atoms with Crippen LogP contribution in [0.2, 0.25) is 5.02 Å². The summed E-state index contributed by atoms with van der Waals surface area (Å²) in [6, 6.07) is 7.39. The molecule has 2 saturated heterocycles. The first-order valence-electron chi connectivity index (χ1n) is 8.54. The van der Waals surface area contributed by atoms with Gasteiger partial charge in [-0.2, -0.15) is 5.26 Å². The Labute approximate surface area is 143 Å². The molecule has 23 heavy (non-hydrogen) atoms. The van der Waals surface area contributed by atoms with E-state index in [4.69, 9.17) is 21.6 Å². The summed E-state index contributed by atoms with van der Waals surface area (Å²) in [6.07, 6.45) is 4.98. The second-order valence-corrected chi connectivity index (χ2v) is 6.97. The van der Waals surface area contributed by atoms with Crippen molar-refractivity contribution >= 4 is 11.6 Å². The van der Waals surface area contributed by atoms with E-state index in [2.05, 4.69) is 16.3 Å². The quantitative estimate of drug-likeness (QED) is 0.920. The monoisotopic (exact) mass is 333 g/mol. The molecule has 2 aliphatic rings. The molecule has 0 unspecified atom stereocenters. The average molecular weight is 334 g/mol. The van der Waals surface area contributed by atoms with Gasteiger partial charge in [0.1, 0.15) is 17.9 Å². The molecule has 1 N–H and O–H groups in total. The standard InChI is InChI=1S/C18H24ClN3O/c19-18-11-17(2-1-15(18)12-20)23-16-5-9-22(10-6-16)13-14-3-7-21-8-4-14/h1-2,11,14,16,21H,3-10,13H2. The number of ether oxygens (including phenoxy) is 1. The van der Waals surface area contributed by atoms with Crippen LogP contribution in [0.25, 0.3) is 0 Å². The topological polar surface area (TPSA) is 48.3 Å². The summed E-state index contributed by atoms with van der Waals surface area (Å²) in [5.41, 5.74) is 0.496. The lowest BCUT2D eigenvalue weighted by atomic mass is 9.96. The molecule has 0 spiro atoms. The maximum Gasteiger partial charge on any atom is 0.121 e. The molecule has 4 nitrogen and oxygen atoms in total. The molecule has 1 aromatic rings. The van der Waals surface area contributed by atoms with Crippen LogP contribution in [0.4, 0.5) is 0 Å². The van der Waals surface area contributed by atoms with Crippen molar-refractivity contribution in [2.24, 2.45) is 5.92 Å². The third kappa shape index (κ3) is 4.60. The van der Waals surface area contributed by atoms with Crippen LogP contribution < -0.4 is 10.1 Å². The number of nitrogens with zero attached hydrogens (tertiary/aromatic N) is 2. The number of benzene rings is 1. The van der Waals surface area contributed by atoms with Crippen molar-refractivity contribution in [3.8, 4) is 11.8 Å². The number of rotatable bonds is 4. The van der Waals surface area contributed by atoms with E-state index < -0.39 is 0 Å². The second kappa shape index (κ2) is 8.01. The van der Waals surface area contributed by atoms with E-state index in [0.717, 1.165) is 37.6 Å². The molecule has 2 fully saturated rings. The molecule has 0 amide bonds. The number of hydrogen-bond acceptors (Lipinski definition) is 4. The number of halogens is 1. The summed E-state index contributed by atoms with van der Waals surface area (Å²) in [5.74, 6) is 1.62. The Morgan fingerprint density at radius 1 is 1.22 bits per heavy atom. The van der Waals surface area contributed by atoms with E-state index in [9.17, 15) is 0 Å². The third-order valence-electron chi connectivity index (χ3n) is 4.87. The maximum absolute atomic E-state index is 8.91. The minimum atomic E-state index is 0.253. The molecular weight excluding hydrogens is 310 g/mol. The van der Waals surface area contributed by atoms with Gasteiger partial charge in [-0.05, 0) is 56.8 Å². The predicted octanol–water partition coefficient (Wildman–Crippen LogP) is 3.05. The van der Waals surface area contributed by atoms with E-state index in [1.807, 2.05) is 6.07 Å². The fourth-order valence-electron chi connectivity index (χ4n) is 3.49. The number of piperidine rings is 2. The van der Waals surface area contributed by atoms with E-state index in [0.29, 0.717) is 10.6 Å². The molecular formula is C18H24ClN3O. The van der Waals surface area contributed by atoms with Crippen LogP contribution in [-0.2, 0) is 0 Å². The lowest BCUT2D eigenvalue weighted by Crippen LogP contribution is -2.42. The summed E-state index contributed by atoms with van der Waals surface area (Å²) in [4.78, 5) is 2.58. The van der Waals surface area contributed by atoms with Gasteiger partial charge in [-0.15, -0.1) is 0 Å². The van der Waals surface area contributed by atoms with Crippen LogP contribution in [0.3, 0.4) is 0 Å². The zero-order valence-electron chi connectivity index (χ0n) is 13.4. The van der Waals surface area contributed by atoms with E-state index in [1.54, 1.807) is 12.1 Å². The van der Waals surface area contributed by atoms with Gasteiger partial charge in [0.25, 0.3) is 0 Å². The Balaban J connectivity index is 1.45. The van der Waals surface area contributed by atoms with Crippen LogP contribution in [0.1, 0.15) is 31.2 Å². The lowest BCUT2D eigenvalue weighted by Gasteiger charge is -2.35. The van der Waals surface area contributed by atoms with Crippen molar-refractivity contribution in [2.75, 3.05) is 32.7 Å². The van der Waals surface area contributed by atoms with Gasteiger partial charge < -0.3 is 15.0 Å². The summed E-state index contributed by atoms with van der Waals surface area (Å²) in [7, 11) is 0. The fourth-order valence-corrected chi connectivity index (χ4v) is 3.70. The molecule has 3 rings (SSSR count). The van der Waals surface area contributed by atoms with E-state index in [1.165, 1.54) is 32.5 Å². The van der Waals surface area contributed by atoms with Crippen LogP contribution >= 0.6 is 11.6 Å². The Bertz CT molecular complexity index is 558. The molecule has 0 saturated carbocycles. The lowest BCUT2D eigenvalue weighted by molar-refractivity contribution is 0.0873. The first kappa shape index (κ1) is 16.6. The highest BCUT2D eigenvalue weighted by molar-refractivity contribution is 6.31. The Morgan fingerprint density at radius 3 is 2.61 bits per heavy atom. The van der Waals surface area contributed by atoms with Gasteiger partial charge in [0.05, 0.1) is 10.6 Å². The number of hydrogen-bond donors (Lipinski definition) is 1. The SMILES string of the molecule is N#Cc1ccc(OC2CCN(CC3CCNCC3)CC2)cc1Cl. The second-order valence-electron chi connectivity index (χ2n) is 6.56. The largest absolute Gasteiger partial charge is 0.490 e. The Hall–Kier alpha value is -1.28. The molecule has 0 radical (unpaired) electrons. The van der Waals surface area contributed by atoms with Crippen LogP contribution in [0.15, 0.2) is 18.2 Å². The normalized spacial score (nSPS) is 21.0. The number of likely N-dealkylation sites (tertiary alicyclic amines) is 1. The zero-order chi connectivity index (χ0) is 16.1. The maximum atomic E-state index is 8.91.